The van der Waals surface area contributed by atoms with Crippen LogP contribution in [-0.2, 0) is 46.3 Å². The highest BCUT2D eigenvalue weighted by Crippen LogP contribution is 2.29. The number of hydrogen-bond acceptors (Lipinski definition) is 9. The van der Waals surface area contributed by atoms with Crippen molar-refractivity contribution in [2.75, 3.05) is 25.0 Å². The summed E-state index contributed by atoms with van der Waals surface area (Å²) < 4.78 is 5.94. The lowest BCUT2D eigenvalue weighted by molar-refractivity contribution is -0.163. The maximum Gasteiger partial charge on any atom is 0.329 e. The van der Waals surface area contributed by atoms with Gasteiger partial charge in [-0.3, -0.25) is 24.0 Å². The molecule has 4 fully saturated rings. The largest absolute Gasteiger partial charge is 0.458 e. The number of anilines is 1. The van der Waals surface area contributed by atoms with Gasteiger partial charge in [0, 0.05) is 38.2 Å². The van der Waals surface area contributed by atoms with Crippen LogP contribution in [-0.4, -0.2) is 129 Å². The van der Waals surface area contributed by atoms with E-state index in [9.17, 15) is 38.7 Å². The molecule has 6 rings (SSSR count). The molecule has 9 atom stereocenters. The van der Waals surface area contributed by atoms with Crippen molar-refractivity contribution in [3.05, 3.63) is 65.2 Å². The van der Waals surface area contributed by atoms with Crippen molar-refractivity contribution in [3.63, 3.8) is 0 Å². The van der Waals surface area contributed by atoms with Crippen LogP contribution in [0, 0.1) is 12.8 Å². The molecule has 5 N–H and O–H groups in total. The van der Waals surface area contributed by atoms with E-state index < -0.39 is 90.0 Å². The number of aliphatic hydroxyl groups is 1. The van der Waals surface area contributed by atoms with E-state index in [1.54, 1.807) is 12.1 Å². The Labute approximate surface area is 344 Å². The number of carbonyl (C=O) groups excluding carboxylic acids is 7. The molecule has 2 aromatic carbocycles. The van der Waals surface area contributed by atoms with Crippen LogP contribution < -0.4 is 21.3 Å². The van der Waals surface area contributed by atoms with Crippen LogP contribution in [0.3, 0.4) is 0 Å². The third kappa shape index (κ3) is 10.0. The molecule has 7 amide bonds. The Bertz CT molecular complexity index is 1920. The summed E-state index contributed by atoms with van der Waals surface area (Å²) in [7, 11) is 0. The van der Waals surface area contributed by atoms with Crippen LogP contribution in [0.15, 0.2) is 48.5 Å². The van der Waals surface area contributed by atoms with Crippen molar-refractivity contribution in [2.24, 2.45) is 5.92 Å². The molecule has 0 spiro atoms. The van der Waals surface area contributed by atoms with E-state index in [-0.39, 0.29) is 44.8 Å². The molecule has 4 heterocycles. The van der Waals surface area contributed by atoms with E-state index in [0.29, 0.717) is 24.9 Å². The molecule has 16 heteroatoms. The Morgan fingerprint density at radius 2 is 1.59 bits per heavy atom. The van der Waals surface area contributed by atoms with Crippen LogP contribution in [0.4, 0.5) is 10.5 Å². The van der Waals surface area contributed by atoms with Crippen molar-refractivity contribution in [1.29, 1.82) is 0 Å². The van der Waals surface area contributed by atoms with Crippen molar-refractivity contribution in [1.82, 2.24) is 30.7 Å². The maximum absolute atomic E-state index is 14.8. The minimum Gasteiger partial charge on any atom is -0.458 e. The lowest BCUT2D eigenvalue weighted by Gasteiger charge is -2.39. The number of hydrogen-bond donors (Lipinski definition) is 5. The Hall–Kier alpha value is -5.51. The standard InChI is InChI=1S/C43H57N7O9/c1-6-28-13-15-30(16-14-28)45-43(58)46-32(20-29-11-9-10-24(2)18-29)37(52)47-36-27(5)59-42(57)35-19-25(3)22-49(35)39(54)26(4)44-38(53)33-12-7-8-17-48(33)40(55)34-21-31(51)23-50(34)41(36)56/h9-11,13-16,18,25-27,31-36,51H,6-8,12,17,19-23H2,1-5H3,(H,44,53)(H,47,52)(H2,45,46,58)/t25-,26+,27+,31-,32+,33+,34+,35+,36+/m1/s1. The number of aryl methyl sites for hydroxylation is 2. The van der Waals surface area contributed by atoms with Gasteiger partial charge in [-0.1, -0.05) is 55.8 Å². The fourth-order valence-electron chi connectivity index (χ4n) is 8.66. The van der Waals surface area contributed by atoms with Crippen molar-refractivity contribution in [2.45, 2.75) is 128 Å². The van der Waals surface area contributed by atoms with E-state index in [2.05, 4.69) is 21.3 Å². The molecule has 0 unspecified atom stereocenters. The quantitative estimate of drug-likeness (QED) is 0.258. The molecule has 0 saturated carbocycles. The summed E-state index contributed by atoms with van der Waals surface area (Å²) in [6.07, 6.45) is 0.163. The smallest absolute Gasteiger partial charge is 0.329 e. The topological polar surface area (TPSA) is 207 Å². The second kappa shape index (κ2) is 18.6. The average Bonchev–Trinajstić information content (AvgIpc) is 3.81. The predicted molar refractivity (Wildman–Crippen MR) is 216 cm³/mol. The Morgan fingerprint density at radius 3 is 2.31 bits per heavy atom. The molecular weight excluding hydrogens is 759 g/mol. The zero-order chi connectivity index (χ0) is 42.5. The monoisotopic (exact) mass is 815 g/mol. The fraction of sp³-hybridized carbons (Fsp3) is 0.558. The van der Waals surface area contributed by atoms with E-state index in [4.69, 9.17) is 4.74 Å². The second-order valence-corrected chi connectivity index (χ2v) is 16.5. The summed E-state index contributed by atoms with van der Waals surface area (Å²) in [5, 5.41) is 21.9. The third-order valence-electron chi connectivity index (χ3n) is 11.8. The van der Waals surface area contributed by atoms with Crippen molar-refractivity contribution >= 4 is 47.2 Å². The molecule has 4 aliphatic heterocycles. The van der Waals surface area contributed by atoms with Crippen molar-refractivity contribution in [3.8, 4) is 0 Å². The number of aliphatic hydroxyl groups excluding tert-OH is 1. The van der Waals surface area contributed by atoms with E-state index in [1.165, 1.54) is 28.5 Å². The summed E-state index contributed by atoms with van der Waals surface area (Å²) in [5.74, 6) is -4.02. The summed E-state index contributed by atoms with van der Waals surface area (Å²) in [6, 6.07) is 7.01. The van der Waals surface area contributed by atoms with Gasteiger partial charge in [-0.15, -0.1) is 0 Å². The molecule has 2 aromatic rings. The highest BCUT2D eigenvalue weighted by Gasteiger charge is 2.49. The van der Waals surface area contributed by atoms with Gasteiger partial charge in [0.1, 0.15) is 42.4 Å². The van der Waals surface area contributed by atoms with Gasteiger partial charge in [0.25, 0.3) is 0 Å². The zero-order valence-corrected chi connectivity index (χ0v) is 34.4. The number of cyclic esters (lactones) is 1. The maximum atomic E-state index is 14.8. The molecule has 4 aliphatic rings. The molecule has 0 bridgehead atoms. The SMILES string of the molecule is CCc1ccc(NC(=O)N[C@@H](Cc2cccc(C)c2)C(=O)N[C@@H]2C(=O)N3C[C@H](O)C[C@H]3C(=O)N3CCCC[C@H]3C(=O)N[C@@H](C)C(=O)N3C[C@H](C)C[C@H]3C(=O)O[C@H]2C)cc1. The lowest BCUT2D eigenvalue weighted by atomic mass is 9.98. The summed E-state index contributed by atoms with van der Waals surface area (Å²) in [6.45, 7) is 8.98. The molecular formula is C43H57N7O9. The van der Waals surface area contributed by atoms with Gasteiger partial charge in [0.05, 0.1) is 6.10 Å². The number of urea groups is 1. The first-order valence-corrected chi connectivity index (χ1v) is 20.8. The van der Waals surface area contributed by atoms with Crippen molar-refractivity contribution < 1.29 is 43.4 Å². The Morgan fingerprint density at radius 1 is 0.864 bits per heavy atom. The van der Waals surface area contributed by atoms with Gasteiger partial charge in [-0.05, 0) is 82.1 Å². The number of nitrogens with one attached hydrogen (secondary N) is 4. The Balaban J connectivity index is 1.34. The van der Waals surface area contributed by atoms with Gasteiger partial charge in [0.15, 0.2) is 0 Å². The van der Waals surface area contributed by atoms with E-state index in [0.717, 1.165) is 23.1 Å². The van der Waals surface area contributed by atoms with Crippen LogP contribution >= 0.6 is 0 Å². The first-order valence-electron chi connectivity index (χ1n) is 20.8. The number of amides is 7. The molecule has 318 valence electrons. The highest BCUT2D eigenvalue weighted by molar-refractivity contribution is 5.99. The number of fused-ring (bicyclic) bond motifs is 3. The van der Waals surface area contributed by atoms with Gasteiger partial charge in [0.2, 0.25) is 29.5 Å². The number of benzene rings is 2. The van der Waals surface area contributed by atoms with Gasteiger partial charge < -0.3 is 45.8 Å². The minimum atomic E-state index is -1.59. The van der Waals surface area contributed by atoms with Crippen LogP contribution in [0.1, 0.15) is 76.5 Å². The molecule has 0 radical (unpaired) electrons. The number of nitrogens with zero attached hydrogens (tertiary/aromatic N) is 3. The molecule has 59 heavy (non-hydrogen) atoms. The number of carbonyl (C=O) groups is 7. The van der Waals surface area contributed by atoms with Gasteiger partial charge >= 0.3 is 12.0 Å². The van der Waals surface area contributed by atoms with Crippen LogP contribution in [0.5, 0.6) is 0 Å². The highest BCUT2D eigenvalue weighted by atomic mass is 16.5. The second-order valence-electron chi connectivity index (χ2n) is 16.5. The summed E-state index contributed by atoms with van der Waals surface area (Å²) in [4.78, 5) is 103. The van der Waals surface area contributed by atoms with Crippen LogP contribution in [0.25, 0.3) is 0 Å². The molecule has 16 nitrogen and oxygen atoms in total. The number of piperidine rings is 1. The predicted octanol–water partition coefficient (Wildman–Crippen LogP) is 1.80. The summed E-state index contributed by atoms with van der Waals surface area (Å²) >= 11 is 0. The summed E-state index contributed by atoms with van der Waals surface area (Å²) in [5.41, 5.74) is 3.23. The third-order valence-corrected chi connectivity index (χ3v) is 11.8. The molecule has 4 saturated heterocycles. The van der Waals surface area contributed by atoms with Gasteiger partial charge in [-0.2, -0.15) is 0 Å². The molecule has 0 aliphatic carbocycles. The van der Waals surface area contributed by atoms with E-state index >= 15 is 0 Å². The van der Waals surface area contributed by atoms with E-state index in [1.807, 2.05) is 57.2 Å². The first kappa shape index (κ1) is 43.1. The zero-order valence-electron chi connectivity index (χ0n) is 34.4. The number of ether oxygens (including phenoxy) is 1. The molecule has 0 aromatic heterocycles. The lowest BCUT2D eigenvalue weighted by Crippen LogP contribution is -2.63. The fourth-order valence-corrected chi connectivity index (χ4v) is 8.66. The number of rotatable bonds is 7. The minimum absolute atomic E-state index is 0.0297. The normalized spacial score (nSPS) is 28.5. The van der Waals surface area contributed by atoms with Crippen LogP contribution in [0.2, 0.25) is 0 Å². The Kier molecular flexibility index (Phi) is 13.6. The van der Waals surface area contributed by atoms with Gasteiger partial charge in [-0.25, -0.2) is 9.59 Å². The average molecular weight is 816 g/mol. The first-order chi connectivity index (χ1) is 28.1. The number of esters is 1.